The topological polar surface area (TPSA) is 415 Å². The second-order valence-electron chi connectivity index (χ2n) is 1.13. The summed E-state index contributed by atoms with van der Waals surface area (Å²) >= 11 is 0. The molecule has 0 aromatic rings. The number of hydrogen-bond acceptors (Lipinski definition) is 18. The van der Waals surface area contributed by atoms with E-state index in [9.17, 15) is 0 Å². The van der Waals surface area contributed by atoms with Gasteiger partial charge in [-0.05, 0) is 0 Å². The molecular formula is Cl6O18Pt-6. The second kappa shape index (κ2) is 40.4. The van der Waals surface area contributed by atoms with E-state index >= 15 is 0 Å². The Morgan fingerprint density at radius 1 is 0.200 bits per heavy atom. The molecule has 166 valence electrons. The van der Waals surface area contributed by atoms with Crippen LogP contribution >= 0.6 is 0 Å². The molecule has 0 N–H and O–H groups in total. The van der Waals surface area contributed by atoms with Gasteiger partial charge in [-0.15, -0.1) is 0 Å². The van der Waals surface area contributed by atoms with Gasteiger partial charge in [-0.1, -0.05) is 0 Å². The van der Waals surface area contributed by atoms with Gasteiger partial charge in [-0.25, -0.2) is 0 Å². The van der Waals surface area contributed by atoms with Crippen molar-refractivity contribution < 1.29 is 170 Å². The molecule has 0 bridgehead atoms. The van der Waals surface area contributed by atoms with E-state index in [0.29, 0.717) is 0 Å². The number of hydrogen-bond donors (Lipinski definition) is 0. The van der Waals surface area contributed by atoms with Crippen molar-refractivity contribution in [3.8, 4) is 0 Å². The van der Waals surface area contributed by atoms with Gasteiger partial charge in [0.1, 0.15) is 0 Å². The predicted molar refractivity (Wildman–Crippen MR) is 0 cm³/mol. The van der Waals surface area contributed by atoms with Crippen LogP contribution in [0.25, 0.3) is 0 Å². The normalized spacial score (nSPS) is 8.64. The van der Waals surface area contributed by atoms with Crippen LogP contribution in [-0.4, -0.2) is 0 Å². The minimum atomic E-state index is -2.85. The fourth-order valence-electron chi connectivity index (χ4n) is 0. The van der Waals surface area contributed by atoms with Gasteiger partial charge in [0.2, 0.25) is 0 Å². The zero-order chi connectivity index (χ0) is 21.5. The van der Waals surface area contributed by atoms with E-state index in [2.05, 4.69) is 0 Å². The zero-order valence-corrected chi connectivity index (χ0v) is 16.7. The quantitative estimate of drug-likeness (QED) is 0.227. The van der Waals surface area contributed by atoms with Crippen LogP contribution in [0.15, 0.2) is 0 Å². The summed E-state index contributed by atoms with van der Waals surface area (Å²) in [5, 5.41) is 0. The smallest absolute Gasteiger partial charge is 0.0695 e. The third-order valence-electron chi connectivity index (χ3n) is 0. The van der Waals surface area contributed by atoms with Crippen LogP contribution < -0.4 is 83.9 Å². The molecular weight excluding hydrogens is 696 g/mol. The third kappa shape index (κ3) is 4950. The van der Waals surface area contributed by atoms with Crippen LogP contribution in [0.2, 0.25) is 0 Å². The molecule has 0 rings (SSSR count). The fraction of sp³-hybridized carbons (Fsp3) is 0. The first-order valence-electron chi connectivity index (χ1n) is 2.78. The third-order valence-corrected chi connectivity index (χ3v) is 0. The van der Waals surface area contributed by atoms with Crippen molar-refractivity contribution in [2.24, 2.45) is 0 Å². The molecule has 0 amide bonds. The van der Waals surface area contributed by atoms with Crippen molar-refractivity contribution >= 4 is 0 Å². The molecule has 25 heteroatoms. The van der Waals surface area contributed by atoms with Crippen molar-refractivity contribution in [3.05, 3.63) is 0 Å². The van der Waals surface area contributed by atoms with Crippen molar-refractivity contribution in [3.63, 3.8) is 0 Å². The van der Waals surface area contributed by atoms with Gasteiger partial charge in [-0.2, -0.15) is 0 Å². The molecule has 0 aliphatic rings. The van der Waals surface area contributed by atoms with Crippen molar-refractivity contribution in [2.75, 3.05) is 0 Å². The van der Waals surface area contributed by atoms with Crippen molar-refractivity contribution in [2.45, 2.75) is 0 Å². The van der Waals surface area contributed by atoms with E-state index in [1.54, 1.807) is 0 Å². The Balaban J connectivity index is -0.0000000309. The summed E-state index contributed by atoms with van der Waals surface area (Å²) in [4.78, 5) is 0. The standard InChI is InChI=1S/6ClO3.Pt/c6*2-1(3)4;/q6*-1;. The molecule has 18 nitrogen and oxygen atoms in total. The molecule has 0 unspecified atom stereocenters. The minimum absolute atomic E-state index is 0. The van der Waals surface area contributed by atoms with Gasteiger partial charge in [0, 0.05) is 21.1 Å². The molecule has 0 radical (unpaired) electrons. The Kier molecular flexibility index (Phi) is 73.5. The van der Waals surface area contributed by atoms with Gasteiger partial charge < -0.3 is 83.9 Å². The van der Waals surface area contributed by atoms with E-state index in [0.717, 1.165) is 0 Å². The summed E-state index contributed by atoms with van der Waals surface area (Å²) in [5.74, 6) is 0. The Morgan fingerprint density at radius 2 is 0.200 bits per heavy atom. The van der Waals surface area contributed by atoms with Crippen LogP contribution in [0.5, 0.6) is 0 Å². The SMILES string of the molecule is [O-][Cl+2]([O-])[O-].[O-][Cl+2]([O-])[O-].[O-][Cl+2]([O-])[O-].[O-][Cl+2]([O-])[O-].[O-][Cl+2]([O-])[O-].[O-][Cl+2]([O-])[O-].[Pt]. The summed E-state index contributed by atoms with van der Waals surface area (Å²) < 4.78 is 151. The molecule has 0 atom stereocenters. The first-order valence-corrected chi connectivity index (χ1v) is 8.33. The van der Waals surface area contributed by atoms with Crippen molar-refractivity contribution in [1.29, 1.82) is 0 Å². The Morgan fingerprint density at radius 3 is 0.200 bits per heavy atom. The van der Waals surface area contributed by atoms with Crippen LogP contribution in [0.4, 0.5) is 0 Å². The monoisotopic (exact) mass is 693 g/mol. The molecule has 0 aliphatic carbocycles. The van der Waals surface area contributed by atoms with Crippen LogP contribution in [0, 0.1) is 64.7 Å². The van der Waals surface area contributed by atoms with Gasteiger partial charge in [0.15, 0.2) is 0 Å². The number of rotatable bonds is 0. The Labute approximate surface area is 169 Å². The largest absolute Gasteiger partial charge is 0.357 e. The summed E-state index contributed by atoms with van der Waals surface area (Å²) in [7, 11) is -17.1. The van der Waals surface area contributed by atoms with E-state index in [-0.39, 0.29) is 21.1 Å². The molecule has 0 aliphatic heterocycles. The molecule has 0 fully saturated rings. The van der Waals surface area contributed by atoms with Crippen LogP contribution in [0.1, 0.15) is 0 Å². The van der Waals surface area contributed by atoms with E-state index in [4.69, 9.17) is 83.9 Å². The summed E-state index contributed by atoms with van der Waals surface area (Å²) in [5.41, 5.74) is 0. The molecule has 0 heterocycles. The second-order valence-corrected chi connectivity index (χ2v) is 3.40. The van der Waals surface area contributed by atoms with Gasteiger partial charge in [0.25, 0.3) is 0 Å². The predicted octanol–water partition coefficient (Wildman–Crippen LogP) is -21.4. The van der Waals surface area contributed by atoms with Gasteiger partial charge >= 0.3 is 0 Å². The fourth-order valence-corrected chi connectivity index (χ4v) is 0. The zero-order valence-electron chi connectivity index (χ0n) is 9.93. The van der Waals surface area contributed by atoms with E-state index in [1.165, 1.54) is 0 Å². The molecule has 0 saturated heterocycles. The number of halogens is 6. The molecule has 25 heavy (non-hydrogen) atoms. The maximum atomic E-state index is 8.41. The maximum absolute atomic E-state index is 8.41. The van der Waals surface area contributed by atoms with Crippen LogP contribution in [-0.2, 0) is 21.1 Å². The van der Waals surface area contributed by atoms with Crippen LogP contribution in [0.3, 0.4) is 0 Å². The summed E-state index contributed by atoms with van der Waals surface area (Å²) in [6.45, 7) is 0. The first kappa shape index (κ1) is 45.4. The molecule has 0 spiro atoms. The average molecular weight is 696 g/mol. The summed E-state index contributed by atoms with van der Waals surface area (Å²) in [6.07, 6.45) is 0. The molecule has 0 aromatic carbocycles. The maximum Gasteiger partial charge on any atom is 0.0695 e. The van der Waals surface area contributed by atoms with Gasteiger partial charge in [0.05, 0.1) is 64.7 Å². The van der Waals surface area contributed by atoms with Gasteiger partial charge in [-0.3, -0.25) is 0 Å². The minimum Gasteiger partial charge on any atom is -0.357 e. The van der Waals surface area contributed by atoms with E-state index in [1.807, 2.05) is 0 Å². The van der Waals surface area contributed by atoms with Crippen molar-refractivity contribution in [1.82, 2.24) is 0 Å². The van der Waals surface area contributed by atoms with E-state index < -0.39 is 64.7 Å². The average Bonchev–Trinajstić information content (AvgIpc) is 2.08. The molecule has 0 saturated carbocycles. The Hall–Kier alpha value is 1.71. The Bertz CT molecular complexity index is 101. The molecule has 0 aromatic heterocycles. The first-order chi connectivity index (χ1) is 10.4. The summed E-state index contributed by atoms with van der Waals surface area (Å²) in [6, 6.07) is 0.